The van der Waals surface area contributed by atoms with Crippen LogP contribution in [0.2, 0.25) is 0 Å². The summed E-state index contributed by atoms with van der Waals surface area (Å²) in [6.07, 6.45) is 3.02. The molecule has 0 saturated carbocycles. The minimum Gasteiger partial charge on any atom is -0.478 e. The minimum absolute atomic E-state index is 0.0607. The van der Waals surface area contributed by atoms with Gasteiger partial charge in [0, 0.05) is 6.20 Å². The molecule has 2 rings (SSSR count). The Morgan fingerprint density at radius 3 is 2.71 bits per heavy atom. The lowest BCUT2D eigenvalue weighted by molar-refractivity contribution is 0.0695. The lowest BCUT2D eigenvalue weighted by Crippen LogP contribution is -2.09. The fourth-order valence-electron chi connectivity index (χ4n) is 1.74. The molecule has 5 heteroatoms. The van der Waals surface area contributed by atoms with E-state index in [1.807, 2.05) is 19.9 Å². The molecule has 17 heavy (non-hydrogen) atoms. The van der Waals surface area contributed by atoms with Gasteiger partial charge in [0.1, 0.15) is 5.56 Å². The molecule has 0 aliphatic carbocycles. The number of hydrogen-bond acceptors (Lipinski definition) is 3. The molecule has 2 aromatic heterocycles. The molecule has 0 atom stereocenters. The highest BCUT2D eigenvalue weighted by Gasteiger charge is 2.20. The van der Waals surface area contributed by atoms with Gasteiger partial charge in [0.2, 0.25) is 0 Å². The van der Waals surface area contributed by atoms with E-state index >= 15 is 0 Å². The summed E-state index contributed by atoms with van der Waals surface area (Å²) in [5, 5.41) is 13.2. The maximum atomic E-state index is 11.1. The average molecular weight is 231 g/mol. The molecule has 5 nitrogen and oxygen atoms in total. The Morgan fingerprint density at radius 1 is 1.41 bits per heavy atom. The first-order valence-corrected chi connectivity index (χ1v) is 5.34. The quantitative estimate of drug-likeness (QED) is 0.878. The number of carbonyl (C=O) groups is 1. The number of carboxylic acids is 1. The van der Waals surface area contributed by atoms with E-state index in [9.17, 15) is 4.79 Å². The summed E-state index contributed by atoms with van der Waals surface area (Å²) in [5.74, 6) is -0.273. The van der Waals surface area contributed by atoms with Crippen molar-refractivity contribution in [2.45, 2.75) is 19.8 Å². The smallest absolute Gasteiger partial charge is 0.339 e. The van der Waals surface area contributed by atoms with Gasteiger partial charge in [-0.15, -0.1) is 0 Å². The number of nitrogens with zero attached hydrogens (tertiary/aromatic N) is 3. The van der Waals surface area contributed by atoms with Gasteiger partial charge < -0.3 is 5.11 Å². The molecule has 0 bridgehead atoms. The molecule has 88 valence electrons. The maximum Gasteiger partial charge on any atom is 0.339 e. The predicted molar refractivity (Wildman–Crippen MR) is 62.4 cm³/mol. The predicted octanol–water partition coefficient (Wildman–Crippen LogP) is 2.09. The molecule has 2 heterocycles. The lowest BCUT2D eigenvalue weighted by atomic mass is 10.1. The molecule has 0 radical (unpaired) electrons. The number of aromatic carboxylic acids is 1. The van der Waals surface area contributed by atoms with Crippen molar-refractivity contribution in [3.8, 4) is 5.82 Å². The molecule has 0 aromatic carbocycles. The summed E-state index contributed by atoms with van der Waals surface area (Å²) in [6, 6.07) is 5.44. The first kappa shape index (κ1) is 11.3. The van der Waals surface area contributed by atoms with Crippen molar-refractivity contribution in [2.75, 3.05) is 0 Å². The lowest BCUT2D eigenvalue weighted by Gasteiger charge is -2.10. The van der Waals surface area contributed by atoms with Crippen LogP contribution in [0.25, 0.3) is 5.82 Å². The molecule has 0 aliphatic rings. The zero-order chi connectivity index (χ0) is 12.4. The summed E-state index contributed by atoms with van der Waals surface area (Å²) in [7, 11) is 0. The minimum atomic E-state index is -0.962. The van der Waals surface area contributed by atoms with Crippen molar-refractivity contribution in [3.05, 3.63) is 41.9 Å². The molecular weight excluding hydrogens is 218 g/mol. The van der Waals surface area contributed by atoms with E-state index in [-0.39, 0.29) is 11.5 Å². The van der Waals surface area contributed by atoms with E-state index in [1.54, 1.807) is 23.0 Å². The molecule has 2 aromatic rings. The number of aromatic nitrogens is 3. The van der Waals surface area contributed by atoms with Crippen molar-refractivity contribution < 1.29 is 9.90 Å². The molecule has 0 fully saturated rings. The van der Waals surface area contributed by atoms with E-state index in [0.717, 1.165) is 0 Å². The van der Waals surface area contributed by atoms with E-state index in [2.05, 4.69) is 10.1 Å². The highest BCUT2D eigenvalue weighted by molar-refractivity contribution is 5.89. The van der Waals surface area contributed by atoms with Gasteiger partial charge in [0.05, 0.1) is 11.9 Å². The van der Waals surface area contributed by atoms with Crippen molar-refractivity contribution >= 4 is 5.97 Å². The molecular formula is C12H13N3O2. The molecule has 0 amide bonds. The van der Waals surface area contributed by atoms with Gasteiger partial charge in [0.25, 0.3) is 0 Å². The topological polar surface area (TPSA) is 68.0 Å². The van der Waals surface area contributed by atoms with Crippen molar-refractivity contribution in [1.82, 2.24) is 14.8 Å². The first-order valence-electron chi connectivity index (χ1n) is 5.34. The second-order valence-electron chi connectivity index (χ2n) is 4.00. The fourth-order valence-corrected chi connectivity index (χ4v) is 1.74. The molecule has 0 unspecified atom stereocenters. The number of hydrogen-bond donors (Lipinski definition) is 1. The fraction of sp³-hybridized carbons (Fsp3) is 0.250. The second-order valence-corrected chi connectivity index (χ2v) is 4.00. The zero-order valence-electron chi connectivity index (χ0n) is 9.66. The van der Waals surface area contributed by atoms with Crippen LogP contribution >= 0.6 is 0 Å². The highest BCUT2D eigenvalue weighted by atomic mass is 16.4. The summed E-state index contributed by atoms with van der Waals surface area (Å²) in [5.41, 5.74) is 0.891. The van der Waals surface area contributed by atoms with Crippen LogP contribution < -0.4 is 0 Å². The second kappa shape index (κ2) is 4.37. The normalized spacial score (nSPS) is 10.8. The molecule has 0 spiro atoms. The average Bonchev–Trinajstić information content (AvgIpc) is 2.74. The molecule has 0 saturated heterocycles. The Kier molecular flexibility index (Phi) is 2.91. The SMILES string of the molecule is CC(C)c1c(C(=O)O)cnn1-c1ccccn1. The standard InChI is InChI=1S/C12H13N3O2/c1-8(2)11-9(12(16)17)7-14-15(11)10-5-3-4-6-13-10/h3-8H,1-2H3,(H,16,17). The summed E-state index contributed by atoms with van der Waals surface area (Å²) in [6.45, 7) is 3.87. The third-order valence-corrected chi connectivity index (χ3v) is 2.45. The van der Waals surface area contributed by atoms with E-state index in [4.69, 9.17) is 5.11 Å². The number of rotatable bonds is 3. The Bertz CT molecular complexity index is 532. The zero-order valence-corrected chi connectivity index (χ0v) is 9.66. The third-order valence-electron chi connectivity index (χ3n) is 2.45. The van der Waals surface area contributed by atoms with E-state index < -0.39 is 5.97 Å². The summed E-state index contributed by atoms with van der Waals surface area (Å²) in [4.78, 5) is 15.3. The maximum absolute atomic E-state index is 11.1. The van der Waals surface area contributed by atoms with Gasteiger partial charge in [-0.2, -0.15) is 5.10 Å². The van der Waals surface area contributed by atoms with Crippen LogP contribution in [0.5, 0.6) is 0 Å². The Hall–Kier alpha value is -2.17. The van der Waals surface area contributed by atoms with Crippen LogP contribution in [0.3, 0.4) is 0 Å². The summed E-state index contributed by atoms with van der Waals surface area (Å²) >= 11 is 0. The monoisotopic (exact) mass is 231 g/mol. The first-order chi connectivity index (χ1) is 8.11. The van der Waals surface area contributed by atoms with Gasteiger partial charge in [0.15, 0.2) is 5.82 Å². The number of pyridine rings is 1. The Morgan fingerprint density at radius 2 is 2.18 bits per heavy atom. The van der Waals surface area contributed by atoms with Crippen LogP contribution in [0.1, 0.15) is 35.8 Å². The largest absolute Gasteiger partial charge is 0.478 e. The third kappa shape index (κ3) is 2.04. The number of carboxylic acid groups (broad SMARTS) is 1. The van der Waals surface area contributed by atoms with Crippen molar-refractivity contribution in [3.63, 3.8) is 0 Å². The van der Waals surface area contributed by atoms with Crippen LogP contribution in [0.4, 0.5) is 0 Å². The highest BCUT2D eigenvalue weighted by Crippen LogP contribution is 2.21. The van der Waals surface area contributed by atoms with Crippen LogP contribution in [0, 0.1) is 0 Å². The van der Waals surface area contributed by atoms with Crippen LogP contribution in [-0.4, -0.2) is 25.8 Å². The van der Waals surface area contributed by atoms with Gasteiger partial charge in [-0.1, -0.05) is 19.9 Å². The van der Waals surface area contributed by atoms with Crippen molar-refractivity contribution in [2.24, 2.45) is 0 Å². The van der Waals surface area contributed by atoms with Gasteiger partial charge >= 0.3 is 5.97 Å². The van der Waals surface area contributed by atoms with E-state index in [0.29, 0.717) is 11.5 Å². The Balaban J connectivity index is 2.60. The Labute approximate surface area is 98.7 Å². The van der Waals surface area contributed by atoms with Crippen LogP contribution in [0.15, 0.2) is 30.6 Å². The van der Waals surface area contributed by atoms with Gasteiger partial charge in [-0.05, 0) is 18.1 Å². The molecule has 1 N–H and O–H groups in total. The van der Waals surface area contributed by atoms with Gasteiger partial charge in [-0.25, -0.2) is 14.5 Å². The summed E-state index contributed by atoms with van der Waals surface area (Å²) < 4.78 is 1.58. The van der Waals surface area contributed by atoms with Gasteiger partial charge in [-0.3, -0.25) is 0 Å². The van der Waals surface area contributed by atoms with Crippen LogP contribution in [-0.2, 0) is 0 Å². The van der Waals surface area contributed by atoms with Crippen molar-refractivity contribution in [1.29, 1.82) is 0 Å². The van der Waals surface area contributed by atoms with E-state index in [1.165, 1.54) is 6.20 Å². The molecule has 0 aliphatic heterocycles.